The SMILES string of the molecule is O=C(CC(F)(F)F)C(=NNc1cccc(Cl)c1)C(=O)c1ccccc1. The first-order valence-electron chi connectivity index (χ1n) is 7.05. The summed E-state index contributed by atoms with van der Waals surface area (Å²) in [6, 6.07) is 13.6. The molecule has 0 saturated heterocycles. The van der Waals surface area contributed by atoms with Crippen LogP contribution in [0, 0.1) is 0 Å². The van der Waals surface area contributed by atoms with Crippen molar-refractivity contribution >= 4 is 34.6 Å². The standard InChI is InChI=1S/C17H12ClF3N2O2/c18-12-7-4-8-13(9-12)22-23-15(14(24)10-17(19,20)21)16(25)11-5-2-1-3-6-11/h1-9,22H,10H2. The minimum absolute atomic E-state index is 0.0599. The van der Waals surface area contributed by atoms with Crippen LogP contribution in [0.2, 0.25) is 5.02 Å². The van der Waals surface area contributed by atoms with Crippen LogP contribution in [0.4, 0.5) is 18.9 Å². The fourth-order valence-corrected chi connectivity index (χ4v) is 2.10. The van der Waals surface area contributed by atoms with Gasteiger partial charge in [0.2, 0.25) is 5.78 Å². The van der Waals surface area contributed by atoms with E-state index < -0.39 is 29.9 Å². The lowest BCUT2D eigenvalue weighted by atomic mass is 10.0. The molecule has 0 aliphatic heterocycles. The molecule has 0 unspecified atom stereocenters. The van der Waals surface area contributed by atoms with E-state index in [4.69, 9.17) is 11.6 Å². The molecule has 130 valence electrons. The molecule has 2 aromatic carbocycles. The number of Topliss-reactive ketones (excluding diaryl/α,β-unsaturated/α-hetero) is 2. The van der Waals surface area contributed by atoms with Gasteiger partial charge in [-0.25, -0.2) is 0 Å². The number of rotatable bonds is 6. The smallest absolute Gasteiger partial charge is 0.292 e. The van der Waals surface area contributed by atoms with Crippen LogP contribution in [-0.2, 0) is 4.79 Å². The number of carbonyl (C=O) groups is 2. The topological polar surface area (TPSA) is 58.5 Å². The fraction of sp³-hybridized carbons (Fsp3) is 0.118. The molecule has 1 N–H and O–H groups in total. The van der Waals surface area contributed by atoms with Crippen molar-refractivity contribution < 1.29 is 22.8 Å². The number of nitrogens with zero attached hydrogens (tertiary/aromatic N) is 1. The maximum Gasteiger partial charge on any atom is 0.396 e. The van der Waals surface area contributed by atoms with Crippen LogP contribution in [0.5, 0.6) is 0 Å². The van der Waals surface area contributed by atoms with Crippen LogP contribution in [-0.4, -0.2) is 23.5 Å². The fourth-order valence-electron chi connectivity index (χ4n) is 1.91. The third kappa shape index (κ3) is 5.72. The normalized spacial score (nSPS) is 11.9. The number of benzene rings is 2. The zero-order valence-corrected chi connectivity index (χ0v) is 13.4. The van der Waals surface area contributed by atoms with Crippen molar-refractivity contribution in [1.29, 1.82) is 0 Å². The summed E-state index contributed by atoms with van der Waals surface area (Å²) >= 11 is 5.80. The Morgan fingerprint density at radius 3 is 2.32 bits per heavy atom. The molecule has 2 rings (SSSR count). The van der Waals surface area contributed by atoms with E-state index in [1.807, 2.05) is 0 Å². The quantitative estimate of drug-likeness (QED) is 0.353. The molecule has 0 aliphatic rings. The molecule has 0 bridgehead atoms. The van der Waals surface area contributed by atoms with Crippen molar-refractivity contribution in [3.8, 4) is 0 Å². The van der Waals surface area contributed by atoms with Crippen molar-refractivity contribution in [1.82, 2.24) is 0 Å². The van der Waals surface area contributed by atoms with Gasteiger partial charge in [0.05, 0.1) is 5.69 Å². The number of carbonyl (C=O) groups excluding carboxylic acids is 2. The van der Waals surface area contributed by atoms with Gasteiger partial charge in [-0.05, 0) is 18.2 Å². The molecule has 4 nitrogen and oxygen atoms in total. The first-order valence-corrected chi connectivity index (χ1v) is 7.43. The van der Waals surface area contributed by atoms with Crippen LogP contribution in [0.1, 0.15) is 16.8 Å². The van der Waals surface area contributed by atoms with E-state index >= 15 is 0 Å². The highest BCUT2D eigenvalue weighted by atomic mass is 35.5. The van der Waals surface area contributed by atoms with Crippen molar-refractivity contribution in [3.63, 3.8) is 0 Å². The van der Waals surface area contributed by atoms with Gasteiger partial charge >= 0.3 is 6.18 Å². The molecule has 0 atom stereocenters. The number of hydrogen-bond acceptors (Lipinski definition) is 4. The van der Waals surface area contributed by atoms with Crippen molar-refractivity contribution in [3.05, 3.63) is 65.2 Å². The molecule has 2 aromatic rings. The Kier molecular flexibility index (Phi) is 5.93. The third-order valence-corrected chi connectivity index (χ3v) is 3.23. The van der Waals surface area contributed by atoms with Gasteiger partial charge < -0.3 is 0 Å². The first kappa shape index (κ1) is 18.7. The summed E-state index contributed by atoms with van der Waals surface area (Å²) < 4.78 is 37.6. The van der Waals surface area contributed by atoms with Crippen LogP contribution < -0.4 is 5.43 Å². The van der Waals surface area contributed by atoms with E-state index in [2.05, 4.69) is 10.5 Å². The Morgan fingerprint density at radius 2 is 1.72 bits per heavy atom. The van der Waals surface area contributed by atoms with Gasteiger partial charge in [-0.1, -0.05) is 48.0 Å². The molecule has 0 saturated carbocycles. The Labute approximate surface area is 146 Å². The number of hydrazone groups is 1. The van der Waals surface area contributed by atoms with Crippen molar-refractivity contribution in [2.24, 2.45) is 5.10 Å². The highest BCUT2D eigenvalue weighted by Gasteiger charge is 2.35. The molecule has 0 spiro atoms. The number of ketones is 2. The molecule has 0 aromatic heterocycles. The number of alkyl halides is 3. The average Bonchev–Trinajstić information content (AvgIpc) is 2.54. The number of hydrogen-bond donors (Lipinski definition) is 1. The van der Waals surface area contributed by atoms with Crippen molar-refractivity contribution in [2.45, 2.75) is 12.6 Å². The molecular formula is C17H12ClF3N2O2. The highest BCUT2D eigenvalue weighted by Crippen LogP contribution is 2.21. The van der Waals surface area contributed by atoms with Gasteiger partial charge in [-0.3, -0.25) is 15.0 Å². The Hall–Kier alpha value is -2.67. The number of anilines is 1. The summed E-state index contributed by atoms with van der Waals surface area (Å²) in [6.45, 7) is 0. The van der Waals surface area contributed by atoms with E-state index in [0.717, 1.165) is 0 Å². The average molecular weight is 369 g/mol. The summed E-state index contributed by atoms with van der Waals surface area (Å²) in [6.07, 6.45) is -6.52. The van der Waals surface area contributed by atoms with Crippen LogP contribution in [0.25, 0.3) is 0 Å². The zero-order chi connectivity index (χ0) is 18.4. The minimum Gasteiger partial charge on any atom is -0.292 e. The van der Waals surface area contributed by atoms with E-state index in [1.54, 1.807) is 18.2 Å². The molecular weight excluding hydrogens is 357 g/mol. The highest BCUT2D eigenvalue weighted by molar-refractivity contribution is 6.69. The van der Waals surface area contributed by atoms with Crippen molar-refractivity contribution in [2.75, 3.05) is 5.43 Å². The van der Waals surface area contributed by atoms with E-state index in [-0.39, 0.29) is 5.56 Å². The summed E-state index contributed by atoms with van der Waals surface area (Å²) in [5.41, 5.74) is 1.95. The molecule has 8 heteroatoms. The van der Waals surface area contributed by atoms with E-state index in [9.17, 15) is 22.8 Å². The van der Waals surface area contributed by atoms with E-state index in [1.165, 1.54) is 36.4 Å². The molecule has 0 aliphatic carbocycles. The zero-order valence-electron chi connectivity index (χ0n) is 12.7. The lowest BCUT2D eigenvalue weighted by Gasteiger charge is -2.09. The number of halogens is 4. The van der Waals surface area contributed by atoms with Gasteiger partial charge in [0.1, 0.15) is 6.42 Å². The summed E-state index contributed by atoms with van der Waals surface area (Å²) in [5, 5.41) is 3.96. The van der Waals surface area contributed by atoms with Crippen LogP contribution in [0.15, 0.2) is 59.7 Å². The lowest BCUT2D eigenvalue weighted by molar-refractivity contribution is -0.147. The predicted molar refractivity (Wildman–Crippen MR) is 89.0 cm³/mol. The first-order chi connectivity index (χ1) is 11.8. The Balaban J connectivity index is 2.32. The lowest BCUT2D eigenvalue weighted by Crippen LogP contribution is -2.29. The minimum atomic E-state index is -4.75. The van der Waals surface area contributed by atoms with Crippen LogP contribution >= 0.6 is 11.6 Å². The molecule has 0 amide bonds. The van der Waals surface area contributed by atoms with Gasteiger partial charge in [-0.2, -0.15) is 18.3 Å². The second-order valence-corrected chi connectivity index (χ2v) is 5.43. The summed E-state index contributed by atoms with van der Waals surface area (Å²) in [5.74, 6) is -2.32. The molecule has 0 fully saturated rings. The molecule has 0 radical (unpaired) electrons. The second kappa shape index (κ2) is 7.94. The van der Waals surface area contributed by atoms with Crippen LogP contribution in [0.3, 0.4) is 0 Å². The predicted octanol–water partition coefficient (Wildman–Crippen LogP) is 4.51. The maximum atomic E-state index is 12.5. The monoisotopic (exact) mass is 368 g/mol. The van der Waals surface area contributed by atoms with Gasteiger partial charge in [-0.15, -0.1) is 0 Å². The van der Waals surface area contributed by atoms with Gasteiger partial charge in [0, 0.05) is 10.6 Å². The second-order valence-electron chi connectivity index (χ2n) is 4.99. The Bertz CT molecular complexity index is 805. The third-order valence-electron chi connectivity index (χ3n) is 3.00. The molecule has 0 heterocycles. The number of nitrogens with one attached hydrogen (secondary N) is 1. The largest absolute Gasteiger partial charge is 0.396 e. The summed E-state index contributed by atoms with van der Waals surface area (Å²) in [7, 11) is 0. The molecule has 25 heavy (non-hydrogen) atoms. The Morgan fingerprint density at radius 1 is 1.04 bits per heavy atom. The van der Waals surface area contributed by atoms with E-state index in [0.29, 0.717) is 10.7 Å². The van der Waals surface area contributed by atoms with Gasteiger partial charge in [0.15, 0.2) is 11.5 Å². The van der Waals surface area contributed by atoms with Gasteiger partial charge in [0.25, 0.3) is 0 Å². The summed E-state index contributed by atoms with van der Waals surface area (Å²) in [4.78, 5) is 24.3. The maximum absolute atomic E-state index is 12.5.